The van der Waals surface area contributed by atoms with Gasteiger partial charge < -0.3 is 24.8 Å². The first kappa shape index (κ1) is 20.6. The molecule has 0 saturated carbocycles. The predicted octanol–water partition coefficient (Wildman–Crippen LogP) is 3.55. The molecule has 2 amide bonds. The molecule has 0 aromatic heterocycles. The third-order valence-electron chi connectivity index (χ3n) is 3.90. The first-order valence-electron chi connectivity index (χ1n) is 8.23. The van der Waals surface area contributed by atoms with Gasteiger partial charge in [0.15, 0.2) is 11.5 Å². The van der Waals surface area contributed by atoms with Gasteiger partial charge in [-0.25, -0.2) is 9.18 Å². The van der Waals surface area contributed by atoms with Gasteiger partial charge in [-0.05, 0) is 30.2 Å². The Morgan fingerprint density at radius 2 is 1.78 bits per heavy atom. The highest BCUT2D eigenvalue weighted by molar-refractivity contribution is 6.30. The third-order valence-corrected chi connectivity index (χ3v) is 4.19. The van der Waals surface area contributed by atoms with Gasteiger partial charge in [0.1, 0.15) is 5.82 Å². The van der Waals surface area contributed by atoms with Crippen molar-refractivity contribution in [1.29, 1.82) is 0 Å². The summed E-state index contributed by atoms with van der Waals surface area (Å²) in [7, 11) is 4.64. The molecule has 0 heterocycles. The zero-order chi connectivity index (χ0) is 19.8. The van der Waals surface area contributed by atoms with E-state index >= 15 is 0 Å². The van der Waals surface area contributed by atoms with Gasteiger partial charge in [0.05, 0.1) is 26.4 Å². The number of carbonyl (C=O) groups excluding carboxylic acids is 1. The number of amides is 2. The number of rotatable bonds is 8. The van der Waals surface area contributed by atoms with E-state index in [1.165, 1.54) is 19.2 Å². The number of halogens is 2. The molecule has 0 aliphatic heterocycles. The molecule has 2 aromatic rings. The molecule has 2 aromatic carbocycles. The molecule has 0 saturated heterocycles. The van der Waals surface area contributed by atoms with Crippen LogP contribution in [0, 0.1) is 5.82 Å². The van der Waals surface area contributed by atoms with Crippen molar-refractivity contribution in [3.63, 3.8) is 0 Å². The largest absolute Gasteiger partial charge is 0.493 e. The summed E-state index contributed by atoms with van der Waals surface area (Å²) in [5.41, 5.74) is 1.58. The van der Waals surface area contributed by atoms with E-state index in [9.17, 15) is 9.18 Å². The molecule has 6 nitrogen and oxygen atoms in total. The van der Waals surface area contributed by atoms with Gasteiger partial charge in [-0.2, -0.15) is 0 Å². The molecule has 0 aliphatic rings. The fourth-order valence-corrected chi connectivity index (χ4v) is 2.77. The Labute approximate surface area is 162 Å². The van der Waals surface area contributed by atoms with Crippen LogP contribution in [0.4, 0.5) is 9.18 Å². The molecule has 8 heteroatoms. The molecule has 27 heavy (non-hydrogen) atoms. The average molecular weight is 397 g/mol. The molecule has 2 rings (SSSR count). The minimum Gasteiger partial charge on any atom is -0.493 e. The summed E-state index contributed by atoms with van der Waals surface area (Å²) in [5.74, 6) is 1.16. The zero-order valence-electron chi connectivity index (χ0n) is 15.4. The highest BCUT2D eigenvalue weighted by Gasteiger charge is 2.15. The van der Waals surface area contributed by atoms with Crippen LogP contribution < -0.4 is 24.8 Å². The van der Waals surface area contributed by atoms with Crippen molar-refractivity contribution in [2.45, 2.75) is 13.0 Å². The molecule has 0 aliphatic carbocycles. The maximum Gasteiger partial charge on any atom is 0.315 e. The number of hydrogen-bond donors (Lipinski definition) is 2. The van der Waals surface area contributed by atoms with E-state index in [-0.39, 0.29) is 17.6 Å². The summed E-state index contributed by atoms with van der Waals surface area (Å²) in [5, 5.41) is 5.48. The van der Waals surface area contributed by atoms with Gasteiger partial charge in [-0.1, -0.05) is 23.7 Å². The minimum atomic E-state index is -0.492. The number of ether oxygens (including phenoxy) is 3. The normalized spacial score (nSPS) is 10.3. The summed E-state index contributed by atoms with van der Waals surface area (Å²) in [6, 6.07) is 7.62. The van der Waals surface area contributed by atoms with E-state index < -0.39 is 5.82 Å². The highest BCUT2D eigenvalue weighted by Crippen LogP contribution is 2.39. The van der Waals surface area contributed by atoms with Crippen molar-refractivity contribution >= 4 is 17.6 Å². The lowest BCUT2D eigenvalue weighted by Crippen LogP contribution is -2.36. The van der Waals surface area contributed by atoms with Gasteiger partial charge in [0, 0.05) is 18.7 Å². The summed E-state index contributed by atoms with van der Waals surface area (Å²) < 4.78 is 29.1. The van der Waals surface area contributed by atoms with E-state index in [1.807, 2.05) is 6.07 Å². The molecule has 0 radical (unpaired) electrons. The summed E-state index contributed by atoms with van der Waals surface area (Å²) in [6.07, 6.45) is 0.541. The lowest BCUT2D eigenvalue weighted by molar-refractivity contribution is 0.240. The number of nitrogens with one attached hydrogen (secondary N) is 2. The number of urea groups is 1. The molecule has 0 unspecified atom stereocenters. The summed E-state index contributed by atoms with van der Waals surface area (Å²) in [6.45, 7) is 0.632. The van der Waals surface area contributed by atoms with Crippen LogP contribution in [0.5, 0.6) is 17.2 Å². The van der Waals surface area contributed by atoms with E-state index in [4.69, 9.17) is 25.8 Å². The zero-order valence-corrected chi connectivity index (χ0v) is 16.2. The van der Waals surface area contributed by atoms with Gasteiger partial charge in [-0.3, -0.25) is 0 Å². The second-order valence-electron chi connectivity index (χ2n) is 5.60. The smallest absolute Gasteiger partial charge is 0.315 e. The van der Waals surface area contributed by atoms with Crippen LogP contribution >= 0.6 is 11.6 Å². The summed E-state index contributed by atoms with van der Waals surface area (Å²) >= 11 is 5.72. The lowest BCUT2D eigenvalue weighted by Gasteiger charge is -2.16. The molecule has 0 spiro atoms. The topological polar surface area (TPSA) is 68.8 Å². The molecule has 146 valence electrons. The monoisotopic (exact) mass is 396 g/mol. The van der Waals surface area contributed by atoms with Crippen molar-refractivity contribution in [3.05, 3.63) is 52.3 Å². The SMILES string of the molecule is COc1ccc(CCNC(=O)NCc2ccc(F)c(Cl)c2)c(OC)c1OC. The van der Waals surface area contributed by atoms with E-state index in [0.717, 1.165) is 5.56 Å². The van der Waals surface area contributed by atoms with Crippen molar-refractivity contribution in [2.24, 2.45) is 0 Å². The quantitative estimate of drug-likeness (QED) is 0.716. The lowest BCUT2D eigenvalue weighted by atomic mass is 10.1. The van der Waals surface area contributed by atoms with Gasteiger partial charge in [0.25, 0.3) is 0 Å². The molecule has 2 N–H and O–H groups in total. The summed E-state index contributed by atoms with van der Waals surface area (Å²) in [4.78, 5) is 11.9. The molecule has 0 fully saturated rings. The van der Waals surface area contributed by atoms with E-state index in [2.05, 4.69) is 10.6 Å². The van der Waals surface area contributed by atoms with E-state index in [1.54, 1.807) is 26.4 Å². The minimum absolute atomic E-state index is 0.0234. The molecular weight excluding hydrogens is 375 g/mol. The number of methoxy groups -OCH3 is 3. The fraction of sp³-hybridized carbons (Fsp3) is 0.316. The Kier molecular flexibility index (Phi) is 7.55. The first-order chi connectivity index (χ1) is 13.0. The molecule has 0 atom stereocenters. The second kappa shape index (κ2) is 9.87. The number of hydrogen-bond acceptors (Lipinski definition) is 4. The van der Waals surface area contributed by atoms with Crippen LogP contribution in [0.2, 0.25) is 5.02 Å². The van der Waals surface area contributed by atoms with Crippen LogP contribution in [0.25, 0.3) is 0 Å². The van der Waals surface area contributed by atoms with Crippen molar-refractivity contribution in [3.8, 4) is 17.2 Å². The Bertz CT molecular complexity index is 802. The van der Waals surface area contributed by atoms with Crippen LogP contribution in [0.15, 0.2) is 30.3 Å². The van der Waals surface area contributed by atoms with Gasteiger partial charge in [0.2, 0.25) is 5.75 Å². The number of benzene rings is 2. The predicted molar refractivity (Wildman–Crippen MR) is 101 cm³/mol. The Hall–Kier alpha value is -2.67. The van der Waals surface area contributed by atoms with Crippen LogP contribution in [-0.2, 0) is 13.0 Å². The fourth-order valence-electron chi connectivity index (χ4n) is 2.57. The Morgan fingerprint density at radius 3 is 2.41 bits per heavy atom. The molecule has 0 bridgehead atoms. The van der Waals surface area contributed by atoms with Crippen molar-refractivity contribution in [1.82, 2.24) is 10.6 Å². The average Bonchev–Trinajstić information content (AvgIpc) is 2.68. The third kappa shape index (κ3) is 5.40. The van der Waals surface area contributed by atoms with E-state index in [0.29, 0.717) is 35.8 Å². The second-order valence-corrected chi connectivity index (χ2v) is 6.01. The molecular formula is C19H22ClFN2O4. The van der Waals surface area contributed by atoms with Crippen LogP contribution in [0.3, 0.4) is 0 Å². The van der Waals surface area contributed by atoms with Crippen LogP contribution in [0.1, 0.15) is 11.1 Å². The first-order valence-corrected chi connectivity index (χ1v) is 8.61. The maximum atomic E-state index is 13.1. The Morgan fingerprint density at radius 1 is 1.04 bits per heavy atom. The van der Waals surface area contributed by atoms with Gasteiger partial charge in [-0.15, -0.1) is 0 Å². The van der Waals surface area contributed by atoms with Crippen molar-refractivity contribution in [2.75, 3.05) is 27.9 Å². The maximum absolute atomic E-state index is 13.1. The number of carbonyl (C=O) groups is 1. The van der Waals surface area contributed by atoms with Crippen LogP contribution in [-0.4, -0.2) is 33.9 Å². The van der Waals surface area contributed by atoms with Gasteiger partial charge >= 0.3 is 6.03 Å². The van der Waals surface area contributed by atoms with Crippen molar-refractivity contribution < 1.29 is 23.4 Å². The Balaban J connectivity index is 1.88. The standard InChI is InChI=1S/C19H22ClFN2O4/c1-25-16-7-5-13(17(26-2)18(16)27-3)8-9-22-19(24)23-11-12-4-6-15(21)14(20)10-12/h4-7,10H,8-9,11H2,1-3H3,(H2,22,23,24). The highest BCUT2D eigenvalue weighted by atomic mass is 35.5.